The number of para-hydroxylation sites is 6. The van der Waals surface area contributed by atoms with Crippen molar-refractivity contribution in [2.45, 2.75) is 0 Å². The Morgan fingerprint density at radius 1 is 0.181 bits per heavy atom. The lowest BCUT2D eigenvalue weighted by Crippen LogP contribution is -2.00. The van der Waals surface area contributed by atoms with Gasteiger partial charge in [0.1, 0.15) is 0 Å². The van der Waals surface area contributed by atoms with Crippen LogP contribution in [-0.4, -0.2) is 44.0 Å². The van der Waals surface area contributed by atoms with E-state index in [9.17, 15) is 0 Å². The molecule has 9 nitrogen and oxygen atoms in total. The summed E-state index contributed by atoms with van der Waals surface area (Å²) in [4.78, 5) is 36.2. The Kier molecular flexibility index (Phi) is 16.4. The number of hydrogen-bond donors (Lipinski definition) is 0. The summed E-state index contributed by atoms with van der Waals surface area (Å²) in [6, 6.07) is 143. The zero-order valence-electron chi connectivity index (χ0n) is 62.7. The molecule has 23 rings (SSSR count). The number of nitrogens with zero attached hydrogens (tertiary/aromatic N) is 9. The van der Waals surface area contributed by atoms with Gasteiger partial charge < -0.3 is 9.13 Å². The molecule has 6 aromatic heterocycles. The van der Waals surface area contributed by atoms with E-state index in [2.05, 4.69) is 367 Å². The molecule has 0 spiro atoms. The van der Waals surface area contributed by atoms with Gasteiger partial charge in [-0.05, 0) is 121 Å². The van der Waals surface area contributed by atoms with Crippen LogP contribution < -0.4 is 0 Å². The lowest BCUT2D eigenvalue weighted by Gasteiger charge is -2.13. The van der Waals surface area contributed by atoms with Gasteiger partial charge in [0.2, 0.25) is 0 Å². The Morgan fingerprint density at radius 3 is 1.03 bits per heavy atom. The van der Waals surface area contributed by atoms with Crippen LogP contribution in [0, 0.1) is 0 Å². The molecule has 0 N–H and O–H groups in total. The molecule has 540 valence electrons. The van der Waals surface area contributed by atoms with Gasteiger partial charge in [0.25, 0.3) is 0 Å². The van der Waals surface area contributed by atoms with Gasteiger partial charge in [0.15, 0.2) is 23.3 Å². The summed E-state index contributed by atoms with van der Waals surface area (Å²) in [6.45, 7) is 0. The predicted molar refractivity (Wildman–Crippen MR) is 480 cm³/mol. The third-order valence-corrected chi connectivity index (χ3v) is 22.6. The van der Waals surface area contributed by atoms with E-state index in [1.807, 2.05) is 48.5 Å². The van der Waals surface area contributed by atoms with Crippen molar-refractivity contribution in [3.63, 3.8) is 0 Å². The third kappa shape index (κ3) is 11.8. The van der Waals surface area contributed by atoms with Gasteiger partial charge in [-0.1, -0.05) is 340 Å². The fourth-order valence-electron chi connectivity index (χ4n) is 17.1. The first-order valence-corrected chi connectivity index (χ1v) is 39.2. The zero-order valence-corrected chi connectivity index (χ0v) is 62.7. The molecule has 0 saturated carbocycles. The van der Waals surface area contributed by atoms with Gasteiger partial charge >= 0.3 is 0 Å². The first-order chi connectivity index (χ1) is 57.5. The maximum atomic E-state index is 5.36. The smallest absolute Gasteiger partial charge is 0.164 e. The average Bonchev–Trinajstić information content (AvgIpc) is 1.56. The molecule has 0 atom stereocenters. The number of aromatic nitrogens is 9. The summed E-state index contributed by atoms with van der Waals surface area (Å²) < 4.78 is 4.76. The first kappa shape index (κ1) is 67.2. The summed E-state index contributed by atoms with van der Waals surface area (Å²) in [6.07, 6.45) is 0. The Bertz CT molecular complexity index is 7780. The molecule has 6 heterocycles. The molecule has 0 aliphatic heterocycles. The van der Waals surface area contributed by atoms with Crippen molar-refractivity contribution in [1.82, 2.24) is 44.0 Å². The average molecular weight is 1480 g/mol. The summed E-state index contributed by atoms with van der Waals surface area (Å²) in [5, 5.41) is 16.6. The highest BCUT2D eigenvalue weighted by molar-refractivity contribution is 6.24. The highest BCUT2D eigenvalue weighted by Gasteiger charge is 2.25. The van der Waals surface area contributed by atoms with Gasteiger partial charge in [0.05, 0.1) is 55.9 Å². The lowest BCUT2D eigenvalue weighted by atomic mass is 9.93. The normalized spacial score (nSPS) is 11.6. The molecular weight excluding hydrogens is 1410 g/mol. The minimum Gasteiger partial charge on any atom is -0.308 e. The fourth-order valence-corrected chi connectivity index (χ4v) is 17.1. The van der Waals surface area contributed by atoms with Crippen LogP contribution in [0.15, 0.2) is 406 Å². The molecule has 23 aromatic rings. The number of rotatable bonds is 11. The highest BCUT2D eigenvalue weighted by Crippen LogP contribution is 2.45. The van der Waals surface area contributed by atoms with Crippen molar-refractivity contribution in [1.29, 1.82) is 0 Å². The molecule has 0 unspecified atom stereocenters. The van der Waals surface area contributed by atoms with Crippen LogP contribution >= 0.6 is 0 Å². The van der Waals surface area contributed by atoms with Gasteiger partial charge in [-0.2, -0.15) is 0 Å². The molecule has 0 aliphatic carbocycles. The molecular formula is C107H67N9. The van der Waals surface area contributed by atoms with E-state index >= 15 is 0 Å². The molecule has 17 aromatic carbocycles. The molecule has 0 bridgehead atoms. The minimum atomic E-state index is 0.616. The van der Waals surface area contributed by atoms with Crippen molar-refractivity contribution >= 4 is 109 Å². The predicted octanol–water partition coefficient (Wildman–Crippen LogP) is 27.3. The summed E-state index contributed by atoms with van der Waals surface area (Å²) in [5.74, 6) is 2.57. The maximum Gasteiger partial charge on any atom is 0.164 e. The maximum absolute atomic E-state index is 5.36. The Balaban J connectivity index is 0.000000141. The van der Waals surface area contributed by atoms with Crippen molar-refractivity contribution in [2.24, 2.45) is 0 Å². The largest absolute Gasteiger partial charge is 0.308 e. The van der Waals surface area contributed by atoms with Crippen LogP contribution in [0.25, 0.3) is 222 Å². The van der Waals surface area contributed by atoms with E-state index in [1.54, 1.807) is 0 Å². The van der Waals surface area contributed by atoms with Crippen molar-refractivity contribution in [3.05, 3.63) is 406 Å². The molecule has 0 amide bonds. The van der Waals surface area contributed by atoms with E-state index in [1.165, 1.54) is 59.6 Å². The quantitative estimate of drug-likeness (QED) is 0.119. The first-order valence-electron chi connectivity index (χ1n) is 39.2. The second-order valence-electron chi connectivity index (χ2n) is 29.4. The monoisotopic (exact) mass is 1480 g/mol. The van der Waals surface area contributed by atoms with Crippen molar-refractivity contribution in [2.75, 3.05) is 0 Å². The Hall–Kier alpha value is -15.7. The fraction of sp³-hybridized carbons (Fsp3) is 0. The Labute approximate surface area is 667 Å². The van der Waals surface area contributed by atoms with Gasteiger partial charge in [-0.3, -0.25) is 0 Å². The van der Waals surface area contributed by atoms with E-state index < -0.39 is 0 Å². The van der Waals surface area contributed by atoms with E-state index in [0.29, 0.717) is 23.3 Å². The molecule has 0 radical (unpaired) electrons. The van der Waals surface area contributed by atoms with Crippen LogP contribution in [0.5, 0.6) is 0 Å². The van der Waals surface area contributed by atoms with Crippen LogP contribution in [0.4, 0.5) is 0 Å². The van der Waals surface area contributed by atoms with Crippen molar-refractivity contribution < 1.29 is 0 Å². The number of pyridine rings is 2. The number of benzene rings is 17. The van der Waals surface area contributed by atoms with E-state index in [0.717, 1.165) is 139 Å². The zero-order chi connectivity index (χ0) is 76.6. The van der Waals surface area contributed by atoms with Crippen LogP contribution in [0.2, 0.25) is 0 Å². The summed E-state index contributed by atoms with van der Waals surface area (Å²) >= 11 is 0. The standard InChI is InChI=1S/C57H36N4.C50H31N5/c1-3-15-41(16-4-1)57-59-51(38-29-27-37(28-30-38)49-35-42-17-7-8-20-44(42)45-21-9-10-22-46(45)49)36-52(60-57)39-31-33-40(34-32-39)55-54-48-24-12-14-26-53(48)61(43-18-5-2-6-19-43)56(54)47-23-11-13-25-50(47)58-55;1-3-14-35(15-4-1)48-52-49(54-50(53-48)37-30-25-33-24-23-32-13-7-8-18-39(32)42(33)31-37)36-28-26-34(27-29-36)46-45-41-20-10-12-22-44(41)55(38-16-5-2-6-17-38)47(45)40-19-9-11-21-43(40)51-46/h1-36H;1-31H. The van der Waals surface area contributed by atoms with Crippen molar-refractivity contribution in [3.8, 4) is 113 Å². The molecule has 0 aliphatic rings. The number of hydrogen-bond acceptors (Lipinski definition) is 7. The SMILES string of the molecule is c1ccc(-c2nc(-c3ccc(-c4cc5ccccc5c5ccccc45)cc3)cc(-c3ccc(-c4nc5ccccc5c5c4c4ccccc4n5-c4ccccc4)cc3)n2)cc1.c1ccc(-c2nc(-c3ccc(-c4nc5ccccc5c5c4c4ccccc4n5-c4ccccc4)cc3)nc(-c3ccc4ccc5ccccc5c4c3)n2)cc1. The number of fused-ring (bicyclic) bond motifs is 16. The van der Waals surface area contributed by atoms with Crippen LogP contribution in [-0.2, 0) is 0 Å². The van der Waals surface area contributed by atoms with Crippen LogP contribution in [0.1, 0.15) is 0 Å². The van der Waals surface area contributed by atoms with Gasteiger partial charge in [0, 0.05) is 88.2 Å². The van der Waals surface area contributed by atoms with Gasteiger partial charge in [-0.25, -0.2) is 34.9 Å². The van der Waals surface area contributed by atoms with E-state index in [-0.39, 0.29) is 0 Å². The summed E-state index contributed by atoms with van der Waals surface area (Å²) in [5.41, 5.74) is 22.6. The molecule has 116 heavy (non-hydrogen) atoms. The highest BCUT2D eigenvalue weighted by atomic mass is 15.0. The Morgan fingerprint density at radius 2 is 0.517 bits per heavy atom. The lowest BCUT2D eigenvalue weighted by molar-refractivity contribution is 1.07. The van der Waals surface area contributed by atoms with Crippen LogP contribution in [0.3, 0.4) is 0 Å². The van der Waals surface area contributed by atoms with Gasteiger partial charge in [-0.15, -0.1) is 0 Å². The molecule has 0 saturated heterocycles. The second kappa shape index (κ2) is 28.2. The molecule has 0 fully saturated rings. The third-order valence-electron chi connectivity index (χ3n) is 22.6. The minimum absolute atomic E-state index is 0.616. The summed E-state index contributed by atoms with van der Waals surface area (Å²) in [7, 11) is 0. The second-order valence-corrected chi connectivity index (χ2v) is 29.4. The topological polar surface area (TPSA) is 100 Å². The molecule has 9 heteroatoms. The van der Waals surface area contributed by atoms with E-state index in [4.69, 9.17) is 34.9 Å².